The highest BCUT2D eigenvalue weighted by Crippen LogP contribution is 2.40. The smallest absolute Gasteiger partial charge is 0.252 e. The molecule has 1 aliphatic rings. The van der Waals surface area contributed by atoms with E-state index >= 15 is 0 Å². The van der Waals surface area contributed by atoms with Gasteiger partial charge in [0, 0.05) is 24.2 Å². The van der Waals surface area contributed by atoms with Crippen LogP contribution in [0.2, 0.25) is 0 Å². The van der Waals surface area contributed by atoms with Crippen molar-refractivity contribution in [3.05, 3.63) is 23.5 Å². The van der Waals surface area contributed by atoms with Gasteiger partial charge >= 0.3 is 0 Å². The van der Waals surface area contributed by atoms with E-state index in [-0.39, 0.29) is 18.5 Å². The molecule has 6 nitrogen and oxygen atoms in total. The highest BCUT2D eigenvalue weighted by Gasteiger charge is 2.29. The van der Waals surface area contributed by atoms with Crippen molar-refractivity contribution in [3.63, 3.8) is 0 Å². The molecule has 0 spiro atoms. The van der Waals surface area contributed by atoms with Crippen LogP contribution in [-0.4, -0.2) is 37.9 Å². The molecule has 0 bridgehead atoms. The molecule has 2 N–H and O–H groups in total. The highest BCUT2D eigenvalue weighted by molar-refractivity contribution is 6.05. The summed E-state index contributed by atoms with van der Waals surface area (Å²) in [6, 6.07) is 2.08. The number of nitrogens with zero attached hydrogens (tertiary/aromatic N) is 3. The maximum Gasteiger partial charge on any atom is 0.252 e. The van der Waals surface area contributed by atoms with E-state index in [1.807, 2.05) is 24.6 Å². The molecule has 25 heavy (non-hydrogen) atoms. The third kappa shape index (κ3) is 3.54. The van der Waals surface area contributed by atoms with E-state index in [1.165, 1.54) is 0 Å². The predicted molar refractivity (Wildman–Crippen MR) is 97.8 cm³/mol. The van der Waals surface area contributed by atoms with Crippen LogP contribution in [0.4, 0.5) is 0 Å². The van der Waals surface area contributed by atoms with Gasteiger partial charge in [-0.15, -0.1) is 0 Å². The molecule has 2 heterocycles. The second-order valence-corrected chi connectivity index (χ2v) is 7.40. The fourth-order valence-corrected chi connectivity index (χ4v) is 3.03. The van der Waals surface area contributed by atoms with E-state index in [0.717, 1.165) is 29.6 Å². The number of hydrogen-bond donors (Lipinski definition) is 2. The minimum Gasteiger partial charge on any atom is -0.388 e. The first kappa shape index (κ1) is 17.9. The summed E-state index contributed by atoms with van der Waals surface area (Å²) < 4.78 is 1.87. The summed E-state index contributed by atoms with van der Waals surface area (Å²) in [5.74, 6) is 0.285. The minimum atomic E-state index is -0.858. The Kier molecular flexibility index (Phi) is 4.82. The Bertz CT molecular complexity index is 773. The molecule has 6 heteroatoms. The van der Waals surface area contributed by atoms with E-state index in [4.69, 9.17) is 4.98 Å². The van der Waals surface area contributed by atoms with E-state index in [2.05, 4.69) is 24.3 Å². The maximum atomic E-state index is 12.8. The number of carbonyl (C=O) groups is 1. The lowest BCUT2D eigenvalue weighted by molar-refractivity contribution is 0.0314. The molecule has 1 aliphatic carbocycles. The number of carbonyl (C=O) groups excluding carboxylic acids is 1. The number of aliphatic hydroxyl groups is 1. The van der Waals surface area contributed by atoms with Crippen LogP contribution in [0.15, 0.2) is 12.3 Å². The Morgan fingerprint density at radius 2 is 2.08 bits per heavy atom. The van der Waals surface area contributed by atoms with Crippen LogP contribution in [0, 0.1) is 0 Å². The molecule has 0 radical (unpaired) electrons. The van der Waals surface area contributed by atoms with Crippen molar-refractivity contribution in [1.29, 1.82) is 0 Å². The summed E-state index contributed by atoms with van der Waals surface area (Å²) in [5, 5.41) is 18.5. The summed E-state index contributed by atoms with van der Waals surface area (Å²) in [7, 11) is 0. The average molecular weight is 344 g/mol. The largest absolute Gasteiger partial charge is 0.388 e. The van der Waals surface area contributed by atoms with Gasteiger partial charge in [0.25, 0.3) is 5.91 Å². The number of hydrogen-bond acceptors (Lipinski definition) is 4. The van der Waals surface area contributed by atoms with E-state index < -0.39 is 5.60 Å². The topological polar surface area (TPSA) is 80.0 Å². The molecular formula is C19H28N4O2. The summed E-state index contributed by atoms with van der Waals surface area (Å²) >= 11 is 0. The summed E-state index contributed by atoms with van der Waals surface area (Å²) in [6.45, 7) is 8.22. The van der Waals surface area contributed by atoms with Crippen LogP contribution < -0.4 is 5.32 Å². The van der Waals surface area contributed by atoms with Crippen molar-refractivity contribution >= 4 is 16.9 Å². The van der Waals surface area contributed by atoms with Crippen LogP contribution in [0.25, 0.3) is 11.0 Å². The normalized spacial score (nSPS) is 15.1. The van der Waals surface area contributed by atoms with E-state index in [1.54, 1.807) is 6.20 Å². The standard InChI is InChI=1S/C19H28N4O2/c1-5-19(25,6-2)11-20-18(24)14-9-16(13-7-8-13)22-17-15(14)10-21-23(17)12(3)4/h9-10,12-13,25H,5-8,11H2,1-4H3,(H,20,24). The van der Waals surface area contributed by atoms with Crippen LogP contribution in [-0.2, 0) is 0 Å². The monoisotopic (exact) mass is 344 g/mol. The lowest BCUT2D eigenvalue weighted by Gasteiger charge is -2.25. The molecule has 1 amide bonds. The summed E-state index contributed by atoms with van der Waals surface area (Å²) in [4.78, 5) is 17.6. The van der Waals surface area contributed by atoms with Crippen molar-refractivity contribution < 1.29 is 9.90 Å². The average Bonchev–Trinajstić information content (AvgIpc) is 3.37. The number of amides is 1. The molecule has 2 aromatic heterocycles. The SMILES string of the molecule is CCC(O)(CC)CNC(=O)c1cc(C2CC2)nc2c1cnn2C(C)C. The lowest BCUT2D eigenvalue weighted by Crippen LogP contribution is -2.42. The second kappa shape index (κ2) is 6.75. The van der Waals surface area contributed by atoms with Crippen molar-refractivity contribution in [2.75, 3.05) is 6.54 Å². The van der Waals surface area contributed by atoms with Gasteiger partial charge in [-0.25, -0.2) is 9.67 Å². The molecule has 3 rings (SSSR count). The number of pyridine rings is 1. The van der Waals surface area contributed by atoms with Crippen molar-refractivity contribution in [3.8, 4) is 0 Å². The van der Waals surface area contributed by atoms with Crippen molar-refractivity contribution in [2.45, 2.75) is 70.9 Å². The summed E-state index contributed by atoms with van der Waals surface area (Å²) in [6.07, 6.45) is 5.18. The maximum absolute atomic E-state index is 12.8. The molecule has 0 aliphatic heterocycles. The predicted octanol–water partition coefficient (Wildman–Crippen LogP) is 3.17. The Balaban J connectivity index is 1.95. The molecular weight excluding hydrogens is 316 g/mol. The van der Waals surface area contributed by atoms with Crippen molar-refractivity contribution in [2.24, 2.45) is 0 Å². The van der Waals surface area contributed by atoms with Gasteiger partial charge in [-0.3, -0.25) is 4.79 Å². The van der Waals surface area contributed by atoms with Gasteiger partial charge in [-0.05, 0) is 45.6 Å². The van der Waals surface area contributed by atoms with Gasteiger partial charge in [0.05, 0.1) is 22.7 Å². The Morgan fingerprint density at radius 3 is 2.64 bits per heavy atom. The van der Waals surface area contributed by atoms with E-state index in [0.29, 0.717) is 24.3 Å². The van der Waals surface area contributed by atoms with E-state index in [9.17, 15) is 9.90 Å². The number of nitrogens with one attached hydrogen (secondary N) is 1. The van der Waals surface area contributed by atoms with Gasteiger partial charge in [0.1, 0.15) is 0 Å². The Hall–Kier alpha value is -1.95. The Morgan fingerprint density at radius 1 is 1.40 bits per heavy atom. The zero-order valence-corrected chi connectivity index (χ0v) is 15.5. The molecule has 2 aromatic rings. The zero-order valence-electron chi connectivity index (χ0n) is 15.5. The number of rotatable bonds is 7. The minimum absolute atomic E-state index is 0.169. The van der Waals surface area contributed by atoms with Gasteiger partial charge in [-0.2, -0.15) is 5.10 Å². The van der Waals surface area contributed by atoms with Gasteiger partial charge in [-0.1, -0.05) is 13.8 Å². The van der Waals surface area contributed by atoms with Gasteiger partial charge in [0.15, 0.2) is 5.65 Å². The molecule has 0 saturated heterocycles. The zero-order chi connectivity index (χ0) is 18.2. The van der Waals surface area contributed by atoms with Crippen molar-refractivity contribution in [1.82, 2.24) is 20.1 Å². The molecule has 1 saturated carbocycles. The molecule has 0 unspecified atom stereocenters. The van der Waals surface area contributed by atoms with Crippen LogP contribution in [0.1, 0.15) is 81.4 Å². The molecule has 1 fully saturated rings. The molecule has 0 aromatic carbocycles. The molecule has 0 atom stereocenters. The third-order valence-corrected chi connectivity index (χ3v) is 5.21. The molecule has 136 valence electrons. The number of fused-ring (bicyclic) bond motifs is 1. The first-order chi connectivity index (χ1) is 11.9. The summed E-state index contributed by atoms with van der Waals surface area (Å²) in [5.41, 5.74) is 1.49. The quantitative estimate of drug-likeness (QED) is 0.808. The third-order valence-electron chi connectivity index (χ3n) is 5.21. The number of aromatic nitrogens is 3. The van der Waals surface area contributed by atoms with Crippen LogP contribution in [0.3, 0.4) is 0 Å². The first-order valence-corrected chi connectivity index (χ1v) is 9.27. The second-order valence-electron chi connectivity index (χ2n) is 7.40. The Labute approximate surface area is 148 Å². The fraction of sp³-hybridized carbons (Fsp3) is 0.632. The lowest BCUT2D eigenvalue weighted by atomic mass is 9.97. The van der Waals surface area contributed by atoms with Gasteiger partial charge in [0.2, 0.25) is 0 Å². The van der Waals surface area contributed by atoms with Crippen LogP contribution >= 0.6 is 0 Å². The highest BCUT2D eigenvalue weighted by atomic mass is 16.3. The first-order valence-electron chi connectivity index (χ1n) is 9.27. The van der Waals surface area contributed by atoms with Crippen LogP contribution in [0.5, 0.6) is 0 Å². The fourth-order valence-electron chi connectivity index (χ4n) is 3.03. The van der Waals surface area contributed by atoms with Gasteiger partial charge < -0.3 is 10.4 Å².